The van der Waals surface area contributed by atoms with Crippen molar-refractivity contribution in [2.45, 2.75) is 76.5 Å². The number of benzene rings is 3. The molecule has 270 valence electrons. The number of hydrogen-bond acceptors (Lipinski definition) is 7. The molecule has 6 rings (SSSR count). The smallest absolute Gasteiger partial charge is 0.408 e. The number of carbonyl (C=O) groups is 3. The highest BCUT2D eigenvalue weighted by atomic mass is 16.6. The standard InChI is InChI=1S/C40H45N7O5/c1-38(2,3)52-37(50)45-39(4,5)35(49)44-32(23-27-24-42-31-17-11-9-15-29(27)31)34(48)46-21-19-40(20-22-46)25-47(33-18-12-10-16-30(33)40)36(43-26-41)51-28-13-7-6-8-14-28/h6-18,24,32,42H,19-23,25H2,1-5H3,(H,44,49)(H,45,50)/t32-/m1/s1. The monoisotopic (exact) mass is 703 g/mol. The molecule has 3 amide bonds. The summed E-state index contributed by atoms with van der Waals surface area (Å²) in [5.74, 6) is -0.139. The summed E-state index contributed by atoms with van der Waals surface area (Å²) in [5.41, 5.74) is 1.42. The van der Waals surface area contributed by atoms with Gasteiger partial charge in [0.25, 0.3) is 0 Å². The quantitative estimate of drug-likeness (QED) is 0.125. The van der Waals surface area contributed by atoms with Gasteiger partial charge in [-0.3, -0.25) is 14.5 Å². The number of H-pyrrole nitrogens is 1. The van der Waals surface area contributed by atoms with Crippen molar-refractivity contribution in [3.05, 3.63) is 96.2 Å². The van der Waals surface area contributed by atoms with E-state index in [1.807, 2.05) is 95.0 Å². The van der Waals surface area contributed by atoms with Gasteiger partial charge in [0.2, 0.25) is 18.0 Å². The minimum Gasteiger partial charge on any atom is -0.444 e. The van der Waals surface area contributed by atoms with Crippen LogP contribution in [0.5, 0.6) is 5.75 Å². The van der Waals surface area contributed by atoms with Crippen LogP contribution in [0.3, 0.4) is 0 Å². The number of aromatic amines is 1. The molecule has 4 aromatic rings. The van der Waals surface area contributed by atoms with Gasteiger partial charge in [-0.2, -0.15) is 5.26 Å². The van der Waals surface area contributed by atoms with Gasteiger partial charge < -0.3 is 30.0 Å². The lowest BCUT2D eigenvalue weighted by Crippen LogP contribution is -2.61. The second-order valence-electron chi connectivity index (χ2n) is 15.0. The van der Waals surface area contributed by atoms with Gasteiger partial charge in [-0.25, -0.2) is 4.79 Å². The Kier molecular flexibility index (Phi) is 9.98. The summed E-state index contributed by atoms with van der Waals surface area (Å²) < 4.78 is 11.5. The number of para-hydroxylation sites is 3. The number of nitriles is 1. The number of aromatic nitrogens is 1. The van der Waals surface area contributed by atoms with Crippen molar-refractivity contribution >= 4 is 40.5 Å². The SMILES string of the molecule is CC(C)(C)OC(=O)NC(C)(C)C(=O)N[C@H](Cc1c[nH]c2ccccc12)C(=O)N1CCC2(CC1)CN(C(=NC#N)Oc1ccccc1)c1ccccc12. The molecule has 3 heterocycles. The van der Waals surface area contributed by atoms with Gasteiger partial charge in [0, 0.05) is 54.3 Å². The average molecular weight is 704 g/mol. The molecule has 1 fully saturated rings. The van der Waals surface area contributed by atoms with Gasteiger partial charge in [-0.15, -0.1) is 4.99 Å². The average Bonchev–Trinajstić information content (AvgIpc) is 3.66. The van der Waals surface area contributed by atoms with E-state index < -0.39 is 29.2 Å². The number of fused-ring (bicyclic) bond motifs is 3. The molecule has 3 aromatic carbocycles. The molecule has 3 N–H and O–H groups in total. The number of likely N-dealkylation sites (tertiary alicyclic amines) is 1. The zero-order valence-electron chi connectivity index (χ0n) is 30.2. The Morgan fingerprint density at radius 3 is 2.35 bits per heavy atom. The molecule has 0 bridgehead atoms. The minimum atomic E-state index is -1.37. The summed E-state index contributed by atoms with van der Waals surface area (Å²) >= 11 is 0. The van der Waals surface area contributed by atoms with Crippen LogP contribution in [0.1, 0.15) is 58.6 Å². The Labute approximate surface area is 303 Å². The van der Waals surface area contributed by atoms with E-state index in [1.165, 1.54) is 0 Å². The second-order valence-corrected chi connectivity index (χ2v) is 15.0. The first kappa shape index (κ1) is 36.0. The molecule has 0 radical (unpaired) electrons. The van der Waals surface area contributed by atoms with Gasteiger partial charge in [0.15, 0.2) is 0 Å². The lowest BCUT2D eigenvalue weighted by Gasteiger charge is -2.41. The van der Waals surface area contributed by atoms with Crippen molar-refractivity contribution in [1.29, 1.82) is 5.26 Å². The molecule has 52 heavy (non-hydrogen) atoms. The predicted molar refractivity (Wildman–Crippen MR) is 199 cm³/mol. The summed E-state index contributed by atoms with van der Waals surface area (Å²) in [6, 6.07) is 24.4. The maximum Gasteiger partial charge on any atom is 0.408 e. The van der Waals surface area contributed by atoms with Gasteiger partial charge in [0.05, 0.1) is 0 Å². The van der Waals surface area contributed by atoms with Gasteiger partial charge >= 0.3 is 12.1 Å². The normalized spacial score (nSPS) is 16.2. The number of nitrogens with one attached hydrogen (secondary N) is 3. The number of amidine groups is 1. The van der Waals surface area contributed by atoms with E-state index in [1.54, 1.807) is 34.6 Å². The zero-order valence-corrected chi connectivity index (χ0v) is 30.2. The molecule has 12 heteroatoms. The first-order valence-corrected chi connectivity index (χ1v) is 17.5. The van der Waals surface area contributed by atoms with Gasteiger partial charge in [0.1, 0.15) is 22.9 Å². The number of amides is 3. The van der Waals surface area contributed by atoms with E-state index in [9.17, 15) is 19.6 Å². The fourth-order valence-corrected chi connectivity index (χ4v) is 7.05. The van der Waals surface area contributed by atoms with Gasteiger partial charge in [-0.05, 0) is 82.9 Å². The van der Waals surface area contributed by atoms with E-state index in [-0.39, 0.29) is 23.8 Å². The third-order valence-electron chi connectivity index (χ3n) is 9.67. The van der Waals surface area contributed by atoms with Crippen LogP contribution in [0.2, 0.25) is 0 Å². The molecule has 1 atom stereocenters. The molecule has 1 saturated heterocycles. The first-order valence-electron chi connectivity index (χ1n) is 17.5. The van der Waals surface area contributed by atoms with Crippen LogP contribution < -0.4 is 20.3 Å². The molecule has 0 unspecified atom stereocenters. The number of ether oxygens (including phenoxy) is 2. The molecule has 0 saturated carbocycles. The molecule has 2 aliphatic rings. The molecular formula is C40H45N7O5. The lowest BCUT2D eigenvalue weighted by atomic mass is 9.74. The van der Waals surface area contributed by atoms with Crippen molar-refractivity contribution < 1.29 is 23.9 Å². The Morgan fingerprint density at radius 1 is 0.962 bits per heavy atom. The van der Waals surface area contributed by atoms with E-state index in [0.29, 0.717) is 38.2 Å². The van der Waals surface area contributed by atoms with E-state index >= 15 is 0 Å². The number of alkyl carbamates (subject to hydrolysis) is 1. The number of piperidine rings is 1. The maximum absolute atomic E-state index is 14.4. The number of anilines is 1. The molecular weight excluding hydrogens is 658 g/mol. The molecule has 1 aromatic heterocycles. The van der Waals surface area contributed by atoms with Crippen molar-refractivity contribution in [3.8, 4) is 11.9 Å². The summed E-state index contributed by atoms with van der Waals surface area (Å²) in [4.78, 5) is 51.9. The predicted octanol–water partition coefficient (Wildman–Crippen LogP) is 5.79. The van der Waals surface area contributed by atoms with E-state index in [0.717, 1.165) is 27.7 Å². The maximum atomic E-state index is 14.4. The Balaban J connectivity index is 1.22. The highest BCUT2D eigenvalue weighted by Gasteiger charge is 2.47. The number of hydrogen-bond donors (Lipinski definition) is 3. The number of carbonyl (C=O) groups excluding carboxylic acids is 3. The summed E-state index contributed by atoms with van der Waals surface area (Å²) in [6.07, 6.45) is 4.59. The highest BCUT2D eigenvalue weighted by molar-refractivity contribution is 5.97. The van der Waals surface area contributed by atoms with E-state index in [4.69, 9.17) is 9.47 Å². The van der Waals surface area contributed by atoms with E-state index in [2.05, 4.69) is 26.7 Å². The Morgan fingerprint density at radius 2 is 1.63 bits per heavy atom. The molecule has 1 spiro atoms. The summed E-state index contributed by atoms with van der Waals surface area (Å²) in [7, 11) is 0. The van der Waals surface area contributed by atoms with Crippen LogP contribution in [0.25, 0.3) is 10.9 Å². The van der Waals surface area contributed by atoms with Crippen LogP contribution in [0, 0.1) is 11.5 Å². The van der Waals surface area contributed by atoms with Crippen LogP contribution in [-0.4, -0.2) is 70.6 Å². The zero-order chi connectivity index (χ0) is 37.1. The fourth-order valence-electron chi connectivity index (χ4n) is 7.05. The first-order chi connectivity index (χ1) is 24.8. The summed E-state index contributed by atoms with van der Waals surface area (Å²) in [6.45, 7) is 9.83. The minimum absolute atomic E-state index is 0.195. The second kappa shape index (κ2) is 14.4. The Bertz CT molecular complexity index is 2020. The van der Waals surface area contributed by atoms with Crippen molar-refractivity contribution in [1.82, 2.24) is 20.5 Å². The van der Waals surface area contributed by atoms with Crippen molar-refractivity contribution in [2.75, 3.05) is 24.5 Å². The summed E-state index contributed by atoms with van der Waals surface area (Å²) in [5, 5.41) is 16.2. The third-order valence-corrected chi connectivity index (χ3v) is 9.67. The number of rotatable bonds is 7. The third kappa shape index (κ3) is 7.73. The number of aliphatic imine (C=N–C) groups is 1. The fraction of sp³-hybridized carbons (Fsp3) is 0.375. The number of nitrogens with zero attached hydrogens (tertiary/aromatic N) is 4. The topological polar surface area (TPSA) is 152 Å². The molecule has 2 aliphatic heterocycles. The van der Waals surface area contributed by atoms with Crippen molar-refractivity contribution in [2.24, 2.45) is 4.99 Å². The Hall–Kier alpha value is -5.83. The van der Waals surface area contributed by atoms with Crippen LogP contribution in [-0.2, 0) is 26.2 Å². The lowest BCUT2D eigenvalue weighted by molar-refractivity contribution is -0.139. The van der Waals surface area contributed by atoms with Gasteiger partial charge in [-0.1, -0.05) is 54.6 Å². The largest absolute Gasteiger partial charge is 0.444 e. The molecule has 0 aliphatic carbocycles. The highest BCUT2D eigenvalue weighted by Crippen LogP contribution is 2.47. The van der Waals surface area contributed by atoms with Crippen LogP contribution >= 0.6 is 0 Å². The van der Waals surface area contributed by atoms with Crippen molar-refractivity contribution in [3.63, 3.8) is 0 Å². The van der Waals surface area contributed by atoms with Crippen LogP contribution in [0.15, 0.2) is 90.1 Å². The molecule has 12 nitrogen and oxygen atoms in total. The van der Waals surface area contributed by atoms with Crippen LogP contribution in [0.4, 0.5) is 10.5 Å².